The number of aliphatic hydroxyl groups excluding tert-OH is 1. The Bertz CT molecular complexity index is 619. The van der Waals surface area contributed by atoms with Gasteiger partial charge in [0.2, 0.25) is 0 Å². The number of amides is 1. The molecule has 0 spiro atoms. The summed E-state index contributed by atoms with van der Waals surface area (Å²) in [6.45, 7) is 0. The van der Waals surface area contributed by atoms with E-state index >= 15 is 0 Å². The number of carbonyl (C=O) groups is 1. The van der Waals surface area contributed by atoms with E-state index in [0.29, 0.717) is 11.3 Å². The number of aliphatic hydroxyl groups is 1. The van der Waals surface area contributed by atoms with Crippen LogP contribution in [0.5, 0.6) is 0 Å². The minimum atomic E-state index is -0.628. The monoisotopic (exact) mass is 277 g/mol. The van der Waals surface area contributed by atoms with Gasteiger partial charge in [0.25, 0.3) is 5.91 Å². The van der Waals surface area contributed by atoms with Gasteiger partial charge in [0.15, 0.2) is 5.57 Å². The molecule has 2 rings (SSSR count). The Morgan fingerprint density at radius 3 is 2.30 bits per heavy atom. The van der Waals surface area contributed by atoms with Gasteiger partial charge in [-0.25, -0.2) is 0 Å². The van der Waals surface area contributed by atoms with Crippen molar-refractivity contribution in [3.8, 4) is 12.1 Å². The molecule has 1 aliphatic rings. The van der Waals surface area contributed by atoms with Crippen LogP contribution < -0.4 is 5.32 Å². The molecule has 20 heavy (non-hydrogen) atoms. The zero-order valence-electron chi connectivity index (χ0n) is 10.1. The molecule has 96 valence electrons. The van der Waals surface area contributed by atoms with Crippen LogP contribution >= 0.6 is 0 Å². The van der Waals surface area contributed by atoms with Crippen LogP contribution in [-0.4, -0.2) is 40.6 Å². The van der Waals surface area contributed by atoms with Gasteiger partial charge in [-0.1, -0.05) is 0 Å². The third-order valence-corrected chi connectivity index (χ3v) is 2.83. The average molecular weight is 277 g/mol. The third kappa shape index (κ3) is 3.85. The summed E-state index contributed by atoms with van der Waals surface area (Å²) in [5.74, 6) is -0.813. The SMILES string of the molecule is N#C/C(C(=O)Nc1ccc(C#N)cc1)=C(\O)C1CC1.[NaH]. The van der Waals surface area contributed by atoms with Crippen molar-refractivity contribution in [2.45, 2.75) is 12.8 Å². The number of nitrogens with one attached hydrogen (secondary N) is 1. The van der Waals surface area contributed by atoms with E-state index < -0.39 is 5.91 Å². The Labute approximate surface area is 138 Å². The van der Waals surface area contributed by atoms with E-state index in [-0.39, 0.29) is 46.8 Å². The van der Waals surface area contributed by atoms with E-state index in [9.17, 15) is 9.90 Å². The summed E-state index contributed by atoms with van der Waals surface area (Å²) in [6, 6.07) is 9.96. The molecule has 6 heteroatoms. The molecule has 0 bridgehead atoms. The second-order valence-corrected chi connectivity index (χ2v) is 4.29. The van der Waals surface area contributed by atoms with Crippen LogP contribution in [0.25, 0.3) is 0 Å². The first-order valence-corrected chi connectivity index (χ1v) is 5.80. The second-order valence-electron chi connectivity index (χ2n) is 4.29. The van der Waals surface area contributed by atoms with E-state index in [1.165, 1.54) is 0 Å². The zero-order valence-corrected chi connectivity index (χ0v) is 10.1. The molecule has 1 saturated carbocycles. The molecule has 0 saturated heterocycles. The maximum atomic E-state index is 11.9. The second kappa shape index (κ2) is 7.12. The minimum absolute atomic E-state index is 0. The molecular formula is C14H12N3NaO2. The van der Waals surface area contributed by atoms with Crippen molar-refractivity contribution >= 4 is 41.2 Å². The van der Waals surface area contributed by atoms with Gasteiger partial charge >= 0.3 is 29.6 Å². The normalized spacial score (nSPS) is 14.1. The van der Waals surface area contributed by atoms with Crippen LogP contribution in [0, 0.1) is 28.6 Å². The fraction of sp³-hybridized carbons (Fsp3) is 0.214. The van der Waals surface area contributed by atoms with E-state index in [1.807, 2.05) is 6.07 Å². The number of hydrogen-bond donors (Lipinski definition) is 2. The molecule has 0 aliphatic heterocycles. The Morgan fingerprint density at radius 1 is 1.25 bits per heavy atom. The van der Waals surface area contributed by atoms with E-state index in [4.69, 9.17) is 10.5 Å². The molecular weight excluding hydrogens is 265 g/mol. The third-order valence-electron chi connectivity index (χ3n) is 2.83. The van der Waals surface area contributed by atoms with Crippen molar-refractivity contribution in [1.82, 2.24) is 0 Å². The molecule has 0 atom stereocenters. The van der Waals surface area contributed by atoms with E-state index in [0.717, 1.165) is 12.8 Å². The number of anilines is 1. The molecule has 0 heterocycles. The van der Waals surface area contributed by atoms with Crippen LogP contribution in [-0.2, 0) is 4.79 Å². The molecule has 1 amide bonds. The van der Waals surface area contributed by atoms with Gasteiger partial charge in [0.05, 0.1) is 11.6 Å². The average Bonchev–Trinajstić information content (AvgIpc) is 3.24. The molecule has 0 radical (unpaired) electrons. The molecule has 5 nitrogen and oxygen atoms in total. The van der Waals surface area contributed by atoms with Crippen LogP contribution in [0.4, 0.5) is 5.69 Å². The Morgan fingerprint density at radius 2 is 1.85 bits per heavy atom. The summed E-state index contributed by atoms with van der Waals surface area (Å²) >= 11 is 0. The van der Waals surface area contributed by atoms with Gasteiger partial charge in [-0.05, 0) is 37.1 Å². The van der Waals surface area contributed by atoms with Gasteiger partial charge in [-0.2, -0.15) is 10.5 Å². The predicted molar refractivity (Wildman–Crippen MR) is 74.9 cm³/mol. The van der Waals surface area contributed by atoms with Gasteiger partial charge < -0.3 is 10.4 Å². The summed E-state index contributed by atoms with van der Waals surface area (Å²) in [5.41, 5.74) is 0.710. The zero-order chi connectivity index (χ0) is 13.8. The first-order valence-electron chi connectivity index (χ1n) is 5.80. The quantitative estimate of drug-likeness (QED) is 0.379. The fourth-order valence-electron chi connectivity index (χ4n) is 1.61. The molecule has 0 aromatic heterocycles. The Hall–Kier alpha value is -1.79. The topological polar surface area (TPSA) is 96.9 Å². The molecule has 2 N–H and O–H groups in total. The molecule has 1 fully saturated rings. The predicted octanol–water partition coefficient (Wildman–Crippen LogP) is 1.59. The first-order chi connectivity index (χ1) is 9.15. The number of carbonyl (C=O) groups excluding carboxylic acids is 1. The fourth-order valence-corrected chi connectivity index (χ4v) is 1.61. The number of nitrogens with zero attached hydrogens (tertiary/aromatic N) is 2. The van der Waals surface area contributed by atoms with Crippen molar-refractivity contribution in [2.75, 3.05) is 5.32 Å². The summed E-state index contributed by atoms with van der Waals surface area (Å²) in [5, 5.41) is 29.8. The van der Waals surface area contributed by atoms with Gasteiger partial charge in [0.1, 0.15) is 11.8 Å². The molecule has 1 aliphatic carbocycles. The number of hydrogen-bond acceptors (Lipinski definition) is 4. The summed E-state index contributed by atoms with van der Waals surface area (Å²) in [4.78, 5) is 11.9. The van der Waals surface area contributed by atoms with Crippen molar-refractivity contribution in [3.05, 3.63) is 41.2 Å². The first kappa shape index (κ1) is 16.3. The summed E-state index contributed by atoms with van der Waals surface area (Å²) in [6.07, 6.45) is 1.61. The van der Waals surface area contributed by atoms with Crippen LogP contribution in [0.3, 0.4) is 0 Å². The van der Waals surface area contributed by atoms with Gasteiger partial charge in [-0.3, -0.25) is 4.79 Å². The van der Waals surface area contributed by atoms with Crippen LogP contribution in [0.1, 0.15) is 18.4 Å². The Kier molecular flexibility index (Phi) is 5.79. The van der Waals surface area contributed by atoms with Crippen molar-refractivity contribution in [2.24, 2.45) is 5.92 Å². The number of benzene rings is 1. The van der Waals surface area contributed by atoms with Crippen molar-refractivity contribution < 1.29 is 9.90 Å². The molecule has 0 unspecified atom stereocenters. The Balaban J connectivity index is 0.00000200. The van der Waals surface area contributed by atoms with Gasteiger partial charge in [0, 0.05) is 11.6 Å². The number of allylic oxidation sites excluding steroid dienone is 1. The molecule has 1 aromatic rings. The maximum absolute atomic E-state index is 11.9. The van der Waals surface area contributed by atoms with Gasteiger partial charge in [-0.15, -0.1) is 0 Å². The number of rotatable bonds is 3. The van der Waals surface area contributed by atoms with Crippen LogP contribution in [0.15, 0.2) is 35.6 Å². The molecule has 1 aromatic carbocycles. The van der Waals surface area contributed by atoms with Crippen molar-refractivity contribution in [1.29, 1.82) is 10.5 Å². The number of nitriles is 2. The van der Waals surface area contributed by atoms with E-state index in [1.54, 1.807) is 30.3 Å². The summed E-state index contributed by atoms with van der Waals surface area (Å²) in [7, 11) is 0. The van der Waals surface area contributed by atoms with E-state index in [2.05, 4.69) is 5.32 Å². The van der Waals surface area contributed by atoms with Crippen LogP contribution in [0.2, 0.25) is 0 Å². The standard InChI is InChI=1S/C14H11N3O2.Na.H/c15-7-9-1-5-11(6-2-9)17-14(19)12(8-16)13(18)10-3-4-10;;/h1-2,5-6,10,18H,3-4H2,(H,17,19);;/b13-12+;;. The summed E-state index contributed by atoms with van der Waals surface area (Å²) < 4.78 is 0. The van der Waals surface area contributed by atoms with Crippen molar-refractivity contribution in [3.63, 3.8) is 0 Å².